The third-order valence-corrected chi connectivity index (χ3v) is 4.23. The molecule has 0 radical (unpaired) electrons. The highest BCUT2D eigenvalue weighted by Gasteiger charge is 2.23. The summed E-state index contributed by atoms with van der Waals surface area (Å²) in [5.74, 6) is 0.200. The zero-order valence-corrected chi connectivity index (χ0v) is 15.2. The number of carbonyl (C=O) groups is 1. The largest absolute Gasteiger partial charge is 0.479 e. The van der Waals surface area contributed by atoms with Crippen molar-refractivity contribution >= 4 is 29.1 Å². The fourth-order valence-corrected chi connectivity index (χ4v) is 2.94. The van der Waals surface area contributed by atoms with Gasteiger partial charge in [0, 0.05) is 10.7 Å². The van der Waals surface area contributed by atoms with Crippen molar-refractivity contribution in [1.82, 2.24) is 9.78 Å². The van der Waals surface area contributed by atoms with Gasteiger partial charge in [-0.3, -0.25) is 4.79 Å². The second-order valence-corrected chi connectivity index (χ2v) is 6.33. The Labute approximate surface area is 146 Å². The van der Waals surface area contributed by atoms with Crippen molar-refractivity contribution in [3.63, 3.8) is 0 Å². The van der Waals surface area contributed by atoms with Crippen molar-refractivity contribution in [3.8, 4) is 5.75 Å². The van der Waals surface area contributed by atoms with Crippen molar-refractivity contribution in [2.24, 2.45) is 0 Å². The van der Waals surface area contributed by atoms with Crippen LogP contribution in [0.15, 0.2) is 18.2 Å². The minimum Gasteiger partial charge on any atom is -0.479 e. The summed E-state index contributed by atoms with van der Waals surface area (Å²) in [4.78, 5) is 12.6. The fraction of sp³-hybridized carbons (Fsp3) is 0.412. The van der Waals surface area contributed by atoms with E-state index in [9.17, 15) is 4.79 Å². The Hall–Kier alpha value is -1.52. The van der Waals surface area contributed by atoms with E-state index in [1.807, 2.05) is 13.8 Å². The molecular weight excluding hydrogens is 335 g/mol. The maximum atomic E-state index is 12.6. The molecular formula is C17H20Cl2N2O2. The number of carbonyl (C=O) groups excluding carboxylic acids is 1. The number of benzene rings is 1. The summed E-state index contributed by atoms with van der Waals surface area (Å²) in [6.45, 7) is 7.61. The molecule has 23 heavy (non-hydrogen) atoms. The normalized spacial score (nSPS) is 12.3. The van der Waals surface area contributed by atoms with Gasteiger partial charge in [0.2, 0.25) is 0 Å². The van der Waals surface area contributed by atoms with Gasteiger partial charge in [-0.25, -0.2) is 4.68 Å². The molecule has 0 fully saturated rings. The molecule has 0 amide bonds. The summed E-state index contributed by atoms with van der Waals surface area (Å²) in [6, 6.07) is 4.90. The molecule has 1 heterocycles. The van der Waals surface area contributed by atoms with E-state index in [4.69, 9.17) is 27.9 Å². The Kier molecular flexibility index (Phi) is 5.71. The van der Waals surface area contributed by atoms with Crippen LogP contribution >= 0.6 is 23.2 Å². The lowest BCUT2D eigenvalue weighted by molar-refractivity contribution is 0.0707. The summed E-state index contributed by atoms with van der Waals surface area (Å²) >= 11 is 11.9. The second kappa shape index (κ2) is 7.37. The van der Waals surface area contributed by atoms with Gasteiger partial charge in [0.1, 0.15) is 5.75 Å². The van der Waals surface area contributed by atoms with Gasteiger partial charge in [-0.2, -0.15) is 5.10 Å². The predicted octanol–water partition coefficient (Wildman–Crippen LogP) is 4.87. The Morgan fingerprint density at radius 2 is 2.04 bits per heavy atom. The summed E-state index contributed by atoms with van der Waals surface area (Å²) in [5, 5.41) is 5.25. The highest BCUT2D eigenvalue weighted by atomic mass is 35.5. The molecule has 0 aliphatic carbocycles. The highest BCUT2D eigenvalue weighted by molar-refractivity contribution is 6.35. The maximum absolute atomic E-state index is 12.6. The van der Waals surface area contributed by atoms with Crippen LogP contribution in [0.2, 0.25) is 10.0 Å². The minimum absolute atomic E-state index is 0.223. The average Bonchev–Trinajstić information content (AvgIpc) is 2.77. The molecule has 0 N–H and O–H groups in total. The smallest absolute Gasteiger partial charge is 0.287 e. The molecule has 1 atom stereocenters. The minimum atomic E-state index is -0.707. The molecule has 0 saturated heterocycles. The first kappa shape index (κ1) is 17.8. The third kappa shape index (κ3) is 3.88. The lowest BCUT2D eigenvalue weighted by Crippen LogP contribution is -2.31. The van der Waals surface area contributed by atoms with Gasteiger partial charge in [0.25, 0.3) is 5.91 Å². The number of aryl methyl sites for hydroxylation is 1. The number of hydrogen-bond acceptors (Lipinski definition) is 3. The molecule has 0 aliphatic rings. The van der Waals surface area contributed by atoms with E-state index in [0.717, 1.165) is 29.8 Å². The molecule has 2 rings (SSSR count). The molecule has 2 aromatic rings. The van der Waals surface area contributed by atoms with E-state index >= 15 is 0 Å². The van der Waals surface area contributed by atoms with Crippen LogP contribution in [0.3, 0.4) is 0 Å². The Morgan fingerprint density at radius 3 is 2.65 bits per heavy atom. The molecule has 0 bridgehead atoms. The first-order chi connectivity index (χ1) is 10.8. The Bertz CT molecular complexity index is 726. The standard InChI is InChI=1S/C17H20Cl2N2O2/c1-5-6-14-10(2)20-21(11(14)3)17(22)12(4)23-16-8-7-13(18)9-15(16)19/h7-9,12H,5-6H2,1-4H3. The molecule has 0 spiro atoms. The lowest BCUT2D eigenvalue weighted by atomic mass is 10.1. The molecule has 1 aromatic heterocycles. The monoisotopic (exact) mass is 354 g/mol. The average molecular weight is 355 g/mol. The maximum Gasteiger partial charge on any atom is 0.287 e. The number of rotatable bonds is 5. The van der Waals surface area contributed by atoms with Crippen molar-refractivity contribution in [2.45, 2.75) is 46.6 Å². The van der Waals surface area contributed by atoms with Crippen LogP contribution in [0, 0.1) is 13.8 Å². The second-order valence-electron chi connectivity index (χ2n) is 5.48. The molecule has 6 heteroatoms. The molecule has 0 aliphatic heterocycles. The van der Waals surface area contributed by atoms with Crippen LogP contribution in [0.5, 0.6) is 5.75 Å². The van der Waals surface area contributed by atoms with E-state index in [1.165, 1.54) is 4.68 Å². The van der Waals surface area contributed by atoms with Crippen LogP contribution in [-0.4, -0.2) is 21.8 Å². The van der Waals surface area contributed by atoms with E-state index in [1.54, 1.807) is 25.1 Å². The van der Waals surface area contributed by atoms with Crippen LogP contribution in [0.1, 0.15) is 42.0 Å². The molecule has 1 unspecified atom stereocenters. The number of ether oxygens (including phenoxy) is 1. The van der Waals surface area contributed by atoms with E-state index < -0.39 is 6.10 Å². The predicted molar refractivity (Wildman–Crippen MR) is 92.9 cm³/mol. The lowest BCUT2D eigenvalue weighted by Gasteiger charge is -2.15. The SMILES string of the molecule is CCCc1c(C)nn(C(=O)C(C)Oc2ccc(Cl)cc2Cl)c1C. The van der Waals surface area contributed by atoms with Crippen LogP contribution in [0.4, 0.5) is 0 Å². The van der Waals surface area contributed by atoms with Gasteiger partial charge in [0.05, 0.1) is 10.7 Å². The van der Waals surface area contributed by atoms with Gasteiger partial charge >= 0.3 is 0 Å². The van der Waals surface area contributed by atoms with Crippen molar-refractivity contribution < 1.29 is 9.53 Å². The number of halogens is 2. The summed E-state index contributed by atoms with van der Waals surface area (Å²) in [6.07, 6.45) is 1.21. The van der Waals surface area contributed by atoms with E-state index in [0.29, 0.717) is 15.8 Å². The Balaban J connectivity index is 2.21. The zero-order valence-electron chi connectivity index (χ0n) is 13.7. The van der Waals surface area contributed by atoms with Gasteiger partial charge in [-0.15, -0.1) is 0 Å². The molecule has 124 valence electrons. The van der Waals surface area contributed by atoms with Gasteiger partial charge < -0.3 is 4.74 Å². The molecule has 1 aromatic carbocycles. The van der Waals surface area contributed by atoms with Crippen LogP contribution in [0.25, 0.3) is 0 Å². The van der Waals surface area contributed by atoms with Crippen molar-refractivity contribution in [1.29, 1.82) is 0 Å². The topological polar surface area (TPSA) is 44.1 Å². The first-order valence-corrected chi connectivity index (χ1v) is 8.31. The molecule has 0 saturated carbocycles. The first-order valence-electron chi connectivity index (χ1n) is 7.56. The zero-order chi connectivity index (χ0) is 17.1. The number of aromatic nitrogens is 2. The van der Waals surface area contributed by atoms with Gasteiger partial charge in [0.15, 0.2) is 6.10 Å². The summed E-state index contributed by atoms with van der Waals surface area (Å²) in [7, 11) is 0. The quantitative estimate of drug-likeness (QED) is 0.769. The van der Waals surface area contributed by atoms with Crippen LogP contribution in [-0.2, 0) is 6.42 Å². The van der Waals surface area contributed by atoms with E-state index in [2.05, 4.69) is 12.0 Å². The highest BCUT2D eigenvalue weighted by Crippen LogP contribution is 2.28. The summed E-state index contributed by atoms with van der Waals surface area (Å²) in [5.41, 5.74) is 2.87. The summed E-state index contributed by atoms with van der Waals surface area (Å²) < 4.78 is 7.10. The number of hydrogen-bond donors (Lipinski definition) is 0. The van der Waals surface area contributed by atoms with Crippen molar-refractivity contribution in [2.75, 3.05) is 0 Å². The third-order valence-electron chi connectivity index (χ3n) is 3.70. The number of nitrogens with zero attached hydrogens (tertiary/aromatic N) is 2. The van der Waals surface area contributed by atoms with Gasteiger partial charge in [-0.1, -0.05) is 36.5 Å². The van der Waals surface area contributed by atoms with Gasteiger partial charge in [-0.05, 0) is 51.0 Å². The van der Waals surface area contributed by atoms with Crippen molar-refractivity contribution in [3.05, 3.63) is 45.2 Å². The Morgan fingerprint density at radius 1 is 1.35 bits per heavy atom. The molecule has 4 nitrogen and oxygen atoms in total. The van der Waals surface area contributed by atoms with Crippen LogP contribution < -0.4 is 4.74 Å². The van der Waals surface area contributed by atoms with E-state index in [-0.39, 0.29) is 5.91 Å². The fourth-order valence-electron chi connectivity index (χ4n) is 2.49.